The van der Waals surface area contributed by atoms with Crippen LogP contribution in [0, 0.1) is 0 Å². The summed E-state index contributed by atoms with van der Waals surface area (Å²) >= 11 is 0. The molecule has 1 aliphatic rings. The van der Waals surface area contributed by atoms with E-state index < -0.39 is 5.97 Å². The number of rotatable bonds is 4. The van der Waals surface area contributed by atoms with Crippen molar-refractivity contribution in [1.82, 2.24) is 5.32 Å². The van der Waals surface area contributed by atoms with Gasteiger partial charge in [0, 0.05) is 6.42 Å². The van der Waals surface area contributed by atoms with Crippen molar-refractivity contribution in [3.8, 4) is 5.75 Å². The first-order valence-electron chi connectivity index (χ1n) is 5.61. The van der Waals surface area contributed by atoms with Gasteiger partial charge in [-0.15, -0.1) is 0 Å². The largest absolute Gasteiger partial charge is 0.489 e. The molecular weight excluding hydrogens is 236 g/mol. The number of nitrogen functional groups attached to an aromatic ring is 1. The molecule has 1 saturated heterocycles. The van der Waals surface area contributed by atoms with Crippen LogP contribution in [0.1, 0.15) is 23.2 Å². The van der Waals surface area contributed by atoms with Crippen LogP contribution in [0.2, 0.25) is 0 Å². The van der Waals surface area contributed by atoms with Crippen LogP contribution in [0.5, 0.6) is 5.75 Å². The molecule has 1 aromatic rings. The van der Waals surface area contributed by atoms with E-state index in [0.29, 0.717) is 18.8 Å². The summed E-state index contributed by atoms with van der Waals surface area (Å²) in [4.78, 5) is 21.7. The minimum atomic E-state index is -1.03. The number of ether oxygens (including phenoxy) is 1. The molecule has 6 nitrogen and oxygen atoms in total. The first-order valence-corrected chi connectivity index (χ1v) is 5.61. The van der Waals surface area contributed by atoms with Gasteiger partial charge in [0.05, 0.1) is 17.3 Å². The number of carboxylic acid groups (broad SMARTS) is 1. The number of benzene rings is 1. The smallest absolute Gasteiger partial charge is 0.335 e. The lowest BCUT2D eigenvalue weighted by atomic mass is 10.2. The van der Waals surface area contributed by atoms with E-state index >= 15 is 0 Å². The van der Waals surface area contributed by atoms with E-state index in [-0.39, 0.29) is 23.2 Å². The van der Waals surface area contributed by atoms with Gasteiger partial charge < -0.3 is 20.9 Å². The summed E-state index contributed by atoms with van der Waals surface area (Å²) in [7, 11) is 0. The zero-order chi connectivity index (χ0) is 13.1. The summed E-state index contributed by atoms with van der Waals surface area (Å²) in [6.45, 7) is 0.336. The maximum Gasteiger partial charge on any atom is 0.335 e. The number of carbonyl (C=O) groups is 2. The van der Waals surface area contributed by atoms with E-state index in [1.807, 2.05) is 0 Å². The molecule has 6 heteroatoms. The highest BCUT2D eigenvalue weighted by molar-refractivity contribution is 5.89. The molecular formula is C12H14N2O4. The predicted molar refractivity (Wildman–Crippen MR) is 64.5 cm³/mol. The third kappa shape index (κ3) is 2.71. The molecule has 0 spiro atoms. The van der Waals surface area contributed by atoms with Gasteiger partial charge >= 0.3 is 5.97 Å². The summed E-state index contributed by atoms with van der Waals surface area (Å²) < 4.78 is 5.47. The molecule has 0 radical (unpaired) electrons. The molecule has 1 atom stereocenters. The summed E-state index contributed by atoms with van der Waals surface area (Å²) in [6, 6.07) is 4.30. The van der Waals surface area contributed by atoms with Gasteiger partial charge in [-0.3, -0.25) is 4.79 Å². The fourth-order valence-electron chi connectivity index (χ4n) is 1.81. The summed E-state index contributed by atoms with van der Waals surface area (Å²) in [5, 5.41) is 11.6. The molecule has 1 amide bonds. The van der Waals surface area contributed by atoms with Crippen LogP contribution >= 0.6 is 0 Å². The van der Waals surface area contributed by atoms with Crippen LogP contribution in [0.4, 0.5) is 5.69 Å². The maximum absolute atomic E-state index is 11.0. The Bertz CT molecular complexity index is 487. The van der Waals surface area contributed by atoms with Crippen LogP contribution in [-0.2, 0) is 4.79 Å². The summed E-state index contributed by atoms with van der Waals surface area (Å²) in [5.74, 6) is -0.574. The van der Waals surface area contributed by atoms with Gasteiger partial charge in [-0.1, -0.05) is 0 Å². The molecule has 0 aromatic heterocycles. The number of hydrogen-bond acceptors (Lipinski definition) is 4. The molecule has 0 aliphatic carbocycles. The van der Waals surface area contributed by atoms with Gasteiger partial charge in [-0.2, -0.15) is 0 Å². The second-order valence-electron chi connectivity index (χ2n) is 4.17. The van der Waals surface area contributed by atoms with Crippen molar-refractivity contribution in [2.45, 2.75) is 18.9 Å². The van der Waals surface area contributed by atoms with Crippen molar-refractivity contribution >= 4 is 17.6 Å². The molecule has 18 heavy (non-hydrogen) atoms. The monoisotopic (exact) mass is 250 g/mol. The standard InChI is InChI=1S/C12H14N2O4/c13-9-5-7(12(16)17)1-3-10(9)18-6-8-2-4-11(15)14-8/h1,3,5,8H,2,4,6,13H2,(H,14,15)(H,16,17). The number of anilines is 1. The fraction of sp³-hybridized carbons (Fsp3) is 0.333. The van der Waals surface area contributed by atoms with Crippen LogP contribution < -0.4 is 15.8 Å². The van der Waals surface area contributed by atoms with E-state index in [1.54, 1.807) is 0 Å². The number of carbonyl (C=O) groups excluding carboxylic acids is 1. The van der Waals surface area contributed by atoms with E-state index in [0.717, 1.165) is 6.42 Å². The molecule has 1 aromatic carbocycles. The summed E-state index contributed by atoms with van der Waals surface area (Å²) in [6.07, 6.45) is 1.26. The van der Waals surface area contributed by atoms with Crippen molar-refractivity contribution in [2.75, 3.05) is 12.3 Å². The fourth-order valence-corrected chi connectivity index (χ4v) is 1.81. The van der Waals surface area contributed by atoms with Crippen LogP contribution in [-0.4, -0.2) is 29.6 Å². The average molecular weight is 250 g/mol. The normalized spacial score (nSPS) is 18.4. The molecule has 96 valence electrons. The Hall–Kier alpha value is -2.24. The Kier molecular flexibility index (Phi) is 3.36. The van der Waals surface area contributed by atoms with Crippen molar-refractivity contribution in [1.29, 1.82) is 0 Å². The Morgan fingerprint density at radius 1 is 1.56 bits per heavy atom. The zero-order valence-corrected chi connectivity index (χ0v) is 9.68. The van der Waals surface area contributed by atoms with Crippen LogP contribution in [0.15, 0.2) is 18.2 Å². The quantitative estimate of drug-likeness (QED) is 0.680. The highest BCUT2D eigenvalue weighted by Gasteiger charge is 2.21. The SMILES string of the molecule is Nc1cc(C(=O)O)ccc1OCC1CCC(=O)N1. The Morgan fingerprint density at radius 2 is 2.33 bits per heavy atom. The van der Waals surface area contributed by atoms with Crippen molar-refractivity contribution in [2.24, 2.45) is 0 Å². The molecule has 1 fully saturated rings. The highest BCUT2D eigenvalue weighted by atomic mass is 16.5. The van der Waals surface area contributed by atoms with E-state index in [1.165, 1.54) is 18.2 Å². The predicted octanol–water partition coefficient (Wildman–Crippen LogP) is 0.624. The lowest BCUT2D eigenvalue weighted by Gasteiger charge is -2.13. The number of nitrogens with one attached hydrogen (secondary N) is 1. The number of amides is 1. The van der Waals surface area contributed by atoms with Gasteiger partial charge in [-0.25, -0.2) is 4.79 Å². The molecule has 1 heterocycles. The Morgan fingerprint density at radius 3 is 2.89 bits per heavy atom. The number of hydrogen-bond donors (Lipinski definition) is 3. The average Bonchev–Trinajstić information content (AvgIpc) is 2.73. The van der Waals surface area contributed by atoms with Crippen molar-refractivity contribution in [3.05, 3.63) is 23.8 Å². The van der Waals surface area contributed by atoms with E-state index in [2.05, 4.69) is 5.32 Å². The molecule has 0 saturated carbocycles. The third-order valence-electron chi connectivity index (χ3n) is 2.78. The molecule has 4 N–H and O–H groups in total. The molecule has 0 bridgehead atoms. The second kappa shape index (κ2) is 4.95. The lowest BCUT2D eigenvalue weighted by Crippen LogP contribution is -2.31. The molecule has 1 unspecified atom stereocenters. The van der Waals surface area contributed by atoms with Crippen LogP contribution in [0.3, 0.4) is 0 Å². The second-order valence-corrected chi connectivity index (χ2v) is 4.17. The summed E-state index contributed by atoms with van der Waals surface area (Å²) in [5.41, 5.74) is 6.09. The molecule has 1 aliphatic heterocycles. The first kappa shape index (κ1) is 12.2. The van der Waals surface area contributed by atoms with Gasteiger partial charge in [0.2, 0.25) is 5.91 Å². The minimum Gasteiger partial charge on any atom is -0.489 e. The van der Waals surface area contributed by atoms with Gasteiger partial charge in [-0.05, 0) is 24.6 Å². The highest BCUT2D eigenvalue weighted by Crippen LogP contribution is 2.23. The Balaban J connectivity index is 1.97. The van der Waals surface area contributed by atoms with Gasteiger partial charge in [0.25, 0.3) is 0 Å². The minimum absolute atomic E-state index is 0.00366. The van der Waals surface area contributed by atoms with Gasteiger partial charge in [0.1, 0.15) is 12.4 Å². The number of nitrogens with two attached hydrogens (primary N) is 1. The Labute approximate surface area is 104 Å². The topological polar surface area (TPSA) is 102 Å². The third-order valence-corrected chi connectivity index (χ3v) is 2.78. The number of carboxylic acids is 1. The van der Waals surface area contributed by atoms with E-state index in [4.69, 9.17) is 15.6 Å². The van der Waals surface area contributed by atoms with Gasteiger partial charge in [0.15, 0.2) is 0 Å². The lowest BCUT2D eigenvalue weighted by molar-refractivity contribution is -0.119. The van der Waals surface area contributed by atoms with Crippen molar-refractivity contribution in [3.63, 3.8) is 0 Å². The number of aromatic carboxylic acids is 1. The maximum atomic E-state index is 11.0. The van der Waals surface area contributed by atoms with Crippen molar-refractivity contribution < 1.29 is 19.4 Å². The zero-order valence-electron chi connectivity index (χ0n) is 9.68. The van der Waals surface area contributed by atoms with Crippen LogP contribution in [0.25, 0.3) is 0 Å². The first-order chi connectivity index (χ1) is 8.56. The van der Waals surface area contributed by atoms with E-state index in [9.17, 15) is 9.59 Å². The molecule has 2 rings (SSSR count).